The van der Waals surface area contributed by atoms with Gasteiger partial charge in [-0.1, -0.05) is 26.3 Å². The van der Waals surface area contributed by atoms with Crippen LogP contribution >= 0.6 is 0 Å². The summed E-state index contributed by atoms with van der Waals surface area (Å²) in [5.74, 6) is -0.0670. The van der Waals surface area contributed by atoms with Gasteiger partial charge >= 0.3 is 6.03 Å². The number of likely N-dealkylation sites (N-methyl/N-ethyl adjacent to an activating group) is 1. The van der Waals surface area contributed by atoms with Crippen molar-refractivity contribution in [3.63, 3.8) is 0 Å². The molecule has 0 unspecified atom stereocenters. The SMILES string of the molecule is C=C(CNCC)CN1C(=O)NC2(CCCC2)C1=O. The van der Waals surface area contributed by atoms with Crippen molar-refractivity contribution < 1.29 is 9.59 Å². The van der Waals surface area contributed by atoms with Crippen molar-refractivity contribution in [3.05, 3.63) is 12.2 Å². The summed E-state index contributed by atoms with van der Waals surface area (Å²) in [6, 6.07) is -0.264. The van der Waals surface area contributed by atoms with Crippen LogP contribution in [0, 0.1) is 0 Å². The number of urea groups is 1. The second kappa shape index (κ2) is 5.10. The van der Waals surface area contributed by atoms with Gasteiger partial charge in [0.1, 0.15) is 5.54 Å². The highest BCUT2D eigenvalue weighted by atomic mass is 16.2. The number of carbonyl (C=O) groups excluding carboxylic acids is 2. The first kappa shape index (κ1) is 13.1. The van der Waals surface area contributed by atoms with Crippen molar-refractivity contribution in [2.75, 3.05) is 19.6 Å². The van der Waals surface area contributed by atoms with Gasteiger partial charge in [-0.25, -0.2) is 4.79 Å². The maximum Gasteiger partial charge on any atom is 0.325 e. The second-order valence-electron chi connectivity index (χ2n) is 5.14. The molecule has 2 fully saturated rings. The summed E-state index contributed by atoms with van der Waals surface area (Å²) >= 11 is 0. The zero-order chi connectivity index (χ0) is 13.2. The molecule has 1 heterocycles. The minimum Gasteiger partial charge on any atom is -0.323 e. The molecule has 2 rings (SSSR count). The third-order valence-electron chi connectivity index (χ3n) is 3.71. The van der Waals surface area contributed by atoms with Crippen molar-refractivity contribution in [1.82, 2.24) is 15.5 Å². The lowest BCUT2D eigenvalue weighted by Crippen LogP contribution is -2.44. The van der Waals surface area contributed by atoms with Gasteiger partial charge in [-0.3, -0.25) is 9.69 Å². The van der Waals surface area contributed by atoms with Gasteiger partial charge in [-0.15, -0.1) is 0 Å². The summed E-state index contributed by atoms with van der Waals surface area (Å²) in [5, 5.41) is 6.01. The van der Waals surface area contributed by atoms with E-state index in [1.165, 1.54) is 4.90 Å². The zero-order valence-electron chi connectivity index (χ0n) is 10.9. The van der Waals surface area contributed by atoms with Crippen molar-refractivity contribution >= 4 is 11.9 Å². The molecule has 0 aromatic rings. The second-order valence-corrected chi connectivity index (χ2v) is 5.14. The Balaban J connectivity index is 1.99. The average molecular weight is 251 g/mol. The Labute approximate surface area is 108 Å². The number of imide groups is 1. The third-order valence-corrected chi connectivity index (χ3v) is 3.71. The molecule has 0 aromatic carbocycles. The summed E-state index contributed by atoms with van der Waals surface area (Å²) in [6.07, 6.45) is 3.57. The Hall–Kier alpha value is -1.36. The fourth-order valence-electron chi connectivity index (χ4n) is 2.72. The van der Waals surface area contributed by atoms with Gasteiger partial charge in [0.25, 0.3) is 5.91 Å². The van der Waals surface area contributed by atoms with E-state index in [9.17, 15) is 9.59 Å². The highest BCUT2D eigenvalue weighted by Crippen LogP contribution is 2.35. The number of amides is 3. The molecule has 1 saturated heterocycles. The number of nitrogens with one attached hydrogen (secondary N) is 2. The molecule has 5 nitrogen and oxygen atoms in total. The van der Waals surface area contributed by atoms with Crippen molar-refractivity contribution in [2.45, 2.75) is 38.1 Å². The van der Waals surface area contributed by atoms with Crippen LogP contribution in [0.4, 0.5) is 4.79 Å². The summed E-state index contributed by atoms with van der Waals surface area (Å²) in [6.45, 7) is 7.72. The average Bonchev–Trinajstić information content (AvgIpc) is 2.89. The first-order valence-electron chi connectivity index (χ1n) is 6.60. The standard InChI is InChI=1S/C13H21N3O2/c1-3-14-8-10(2)9-16-11(17)13(15-12(16)18)6-4-5-7-13/h14H,2-9H2,1H3,(H,15,18). The number of hydrogen-bond donors (Lipinski definition) is 2. The molecule has 100 valence electrons. The smallest absolute Gasteiger partial charge is 0.323 e. The van der Waals surface area contributed by atoms with Crippen LogP contribution in [0.2, 0.25) is 0 Å². The fourth-order valence-corrected chi connectivity index (χ4v) is 2.72. The topological polar surface area (TPSA) is 61.4 Å². The Bertz CT molecular complexity index is 372. The zero-order valence-corrected chi connectivity index (χ0v) is 10.9. The largest absolute Gasteiger partial charge is 0.325 e. The number of rotatable bonds is 5. The van der Waals surface area contributed by atoms with Crippen LogP contribution in [0.25, 0.3) is 0 Å². The Morgan fingerprint density at radius 2 is 2.11 bits per heavy atom. The monoisotopic (exact) mass is 251 g/mol. The molecule has 2 N–H and O–H groups in total. The number of hydrogen-bond acceptors (Lipinski definition) is 3. The van der Waals surface area contributed by atoms with Gasteiger partial charge in [0.2, 0.25) is 0 Å². The molecule has 0 bridgehead atoms. The molecule has 1 aliphatic carbocycles. The lowest BCUT2D eigenvalue weighted by molar-refractivity contribution is -0.130. The van der Waals surface area contributed by atoms with Gasteiger partial charge in [-0.05, 0) is 25.0 Å². The van der Waals surface area contributed by atoms with Crippen molar-refractivity contribution in [1.29, 1.82) is 0 Å². The molecule has 5 heteroatoms. The molecular weight excluding hydrogens is 230 g/mol. The first-order chi connectivity index (χ1) is 8.59. The van der Waals surface area contributed by atoms with Gasteiger partial charge in [0.05, 0.1) is 6.54 Å². The highest BCUT2D eigenvalue weighted by Gasteiger charge is 2.52. The van der Waals surface area contributed by atoms with E-state index in [4.69, 9.17) is 0 Å². The predicted molar refractivity (Wildman–Crippen MR) is 69.1 cm³/mol. The van der Waals surface area contributed by atoms with E-state index in [0.29, 0.717) is 13.1 Å². The lowest BCUT2D eigenvalue weighted by atomic mass is 9.98. The lowest BCUT2D eigenvalue weighted by Gasteiger charge is -2.20. The molecule has 1 aliphatic heterocycles. The quantitative estimate of drug-likeness (QED) is 0.566. The maximum absolute atomic E-state index is 12.3. The minimum absolute atomic E-state index is 0.0670. The molecule has 2 aliphatic rings. The summed E-state index contributed by atoms with van der Waals surface area (Å²) in [5.41, 5.74) is 0.255. The van der Waals surface area contributed by atoms with Crippen molar-refractivity contribution in [3.8, 4) is 0 Å². The predicted octanol–water partition coefficient (Wildman–Crippen LogP) is 1.02. The maximum atomic E-state index is 12.3. The van der Waals surface area contributed by atoms with Crippen LogP contribution < -0.4 is 10.6 Å². The Morgan fingerprint density at radius 1 is 1.44 bits per heavy atom. The highest BCUT2D eigenvalue weighted by molar-refractivity contribution is 6.07. The molecule has 0 atom stereocenters. The van der Waals surface area contributed by atoms with E-state index < -0.39 is 5.54 Å². The van der Waals surface area contributed by atoms with E-state index in [-0.39, 0.29) is 11.9 Å². The normalized spacial score (nSPS) is 21.7. The van der Waals surface area contributed by atoms with Crippen LogP contribution in [0.3, 0.4) is 0 Å². The fraction of sp³-hybridized carbons (Fsp3) is 0.692. The van der Waals surface area contributed by atoms with Gasteiger partial charge in [0, 0.05) is 6.54 Å². The van der Waals surface area contributed by atoms with Crippen molar-refractivity contribution in [2.24, 2.45) is 0 Å². The molecule has 1 saturated carbocycles. The van der Waals surface area contributed by atoms with Crippen LogP contribution in [0.1, 0.15) is 32.6 Å². The van der Waals surface area contributed by atoms with Crippen LogP contribution in [0.5, 0.6) is 0 Å². The van der Waals surface area contributed by atoms with E-state index in [1.54, 1.807) is 0 Å². The Morgan fingerprint density at radius 3 is 2.72 bits per heavy atom. The first-order valence-corrected chi connectivity index (χ1v) is 6.60. The molecule has 3 amide bonds. The summed E-state index contributed by atoms with van der Waals surface area (Å²) < 4.78 is 0. The number of nitrogens with zero attached hydrogens (tertiary/aromatic N) is 1. The van der Waals surface area contributed by atoms with E-state index >= 15 is 0 Å². The van der Waals surface area contributed by atoms with Gasteiger partial charge in [0.15, 0.2) is 0 Å². The van der Waals surface area contributed by atoms with E-state index in [0.717, 1.165) is 37.8 Å². The third kappa shape index (κ3) is 2.27. The molecular formula is C13H21N3O2. The van der Waals surface area contributed by atoms with E-state index in [2.05, 4.69) is 17.2 Å². The Kier molecular flexibility index (Phi) is 3.71. The minimum atomic E-state index is -0.602. The molecule has 0 radical (unpaired) electrons. The molecule has 18 heavy (non-hydrogen) atoms. The van der Waals surface area contributed by atoms with Gasteiger partial charge in [-0.2, -0.15) is 0 Å². The van der Waals surface area contributed by atoms with Gasteiger partial charge < -0.3 is 10.6 Å². The number of carbonyl (C=O) groups is 2. The molecule has 1 spiro atoms. The van der Waals surface area contributed by atoms with Crippen LogP contribution in [0.15, 0.2) is 12.2 Å². The van der Waals surface area contributed by atoms with Crippen LogP contribution in [-0.4, -0.2) is 42.0 Å². The van der Waals surface area contributed by atoms with E-state index in [1.807, 2.05) is 6.92 Å². The summed E-state index contributed by atoms with van der Waals surface area (Å²) in [7, 11) is 0. The summed E-state index contributed by atoms with van der Waals surface area (Å²) in [4.78, 5) is 25.5. The molecule has 0 aromatic heterocycles. The van der Waals surface area contributed by atoms with Crippen LogP contribution in [-0.2, 0) is 4.79 Å².